The third-order valence-corrected chi connectivity index (χ3v) is 4.50. The van der Waals surface area contributed by atoms with Crippen LogP contribution in [-0.4, -0.2) is 53.0 Å². The van der Waals surface area contributed by atoms with Gasteiger partial charge in [-0.3, -0.25) is 9.69 Å². The zero-order valence-electron chi connectivity index (χ0n) is 12.8. The molecule has 0 unspecified atom stereocenters. The van der Waals surface area contributed by atoms with Gasteiger partial charge >= 0.3 is 6.09 Å². The predicted octanol–water partition coefficient (Wildman–Crippen LogP) is 1.89. The van der Waals surface area contributed by atoms with E-state index in [4.69, 9.17) is 4.74 Å². The Morgan fingerprint density at radius 3 is 2.90 bits per heavy atom. The molecule has 21 heavy (non-hydrogen) atoms. The van der Waals surface area contributed by atoms with Crippen LogP contribution in [0.4, 0.5) is 4.79 Å². The van der Waals surface area contributed by atoms with Crippen molar-refractivity contribution in [3.63, 3.8) is 0 Å². The molecule has 0 aromatic carbocycles. The summed E-state index contributed by atoms with van der Waals surface area (Å²) in [4.78, 5) is 31.5. The van der Waals surface area contributed by atoms with E-state index in [0.29, 0.717) is 13.2 Å². The predicted molar refractivity (Wildman–Crippen MR) is 80.0 cm³/mol. The number of nitrogens with zero attached hydrogens (tertiary/aromatic N) is 3. The normalized spacial score (nSPS) is 18.2. The summed E-state index contributed by atoms with van der Waals surface area (Å²) in [5.74, 6) is 0.156. The Kier molecular flexibility index (Phi) is 4.82. The summed E-state index contributed by atoms with van der Waals surface area (Å²) < 4.78 is 5.05. The van der Waals surface area contributed by atoms with Gasteiger partial charge in [-0.05, 0) is 12.8 Å². The first-order valence-electron chi connectivity index (χ1n) is 6.97. The fraction of sp³-hybridized carbons (Fsp3) is 0.643. The number of aryl methyl sites for hydroxylation is 1. The average molecular weight is 311 g/mol. The van der Waals surface area contributed by atoms with Crippen molar-refractivity contribution in [2.75, 3.05) is 20.2 Å². The third kappa shape index (κ3) is 3.72. The van der Waals surface area contributed by atoms with E-state index in [9.17, 15) is 9.59 Å². The minimum absolute atomic E-state index is 0.0306. The Hall–Kier alpha value is -1.63. The SMILES string of the molecule is Cc1csc(CN(C)C(=O)CN2C(=O)OC[C@@H]2C(C)C)n1. The van der Waals surface area contributed by atoms with Crippen LogP contribution < -0.4 is 0 Å². The highest BCUT2D eigenvalue weighted by molar-refractivity contribution is 7.09. The van der Waals surface area contributed by atoms with Gasteiger partial charge in [-0.1, -0.05) is 13.8 Å². The van der Waals surface area contributed by atoms with Crippen LogP contribution in [0.25, 0.3) is 0 Å². The largest absolute Gasteiger partial charge is 0.447 e. The zero-order valence-corrected chi connectivity index (χ0v) is 13.6. The van der Waals surface area contributed by atoms with Crippen LogP contribution in [-0.2, 0) is 16.1 Å². The Balaban J connectivity index is 1.95. The first-order chi connectivity index (χ1) is 9.88. The second-order valence-corrected chi connectivity index (χ2v) is 6.59. The average Bonchev–Trinajstić information content (AvgIpc) is 2.97. The molecule has 1 aliphatic rings. The molecule has 0 N–H and O–H groups in total. The van der Waals surface area contributed by atoms with Crippen molar-refractivity contribution in [1.82, 2.24) is 14.8 Å². The number of cyclic esters (lactones) is 1. The first-order valence-corrected chi connectivity index (χ1v) is 7.84. The van der Waals surface area contributed by atoms with Gasteiger partial charge in [0.2, 0.25) is 5.91 Å². The molecule has 2 heterocycles. The molecule has 1 fully saturated rings. The molecule has 6 nitrogen and oxygen atoms in total. The van der Waals surface area contributed by atoms with E-state index in [-0.39, 0.29) is 24.4 Å². The fourth-order valence-corrected chi connectivity index (χ4v) is 3.06. The lowest BCUT2D eigenvalue weighted by atomic mass is 10.0. The molecule has 1 aromatic heterocycles. The molecule has 1 atom stereocenters. The van der Waals surface area contributed by atoms with E-state index in [1.807, 2.05) is 26.2 Å². The first kappa shape index (κ1) is 15.8. The molecule has 0 saturated carbocycles. The summed E-state index contributed by atoms with van der Waals surface area (Å²) >= 11 is 1.53. The maximum absolute atomic E-state index is 12.3. The van der Waals surface area contributed by atoms with Crippen molar-refractivity contribution in [2.24, 2.45) is 5.92 Å². The van der Waals surface area contributed by atoms with Gasteiger partial charge in [0, 0.05) is 18.1 Å². The molecule has 2 amide bonds. The molecule has 116 valence electrons. The minimum Gasteiger partial charge on any atom is -0.447 e. The topological polar surface area (TPSA) is 62.7 Å². The van der Waals surface area contributed by atoms with E-state index < -0.39 is 6.09 Å². The molecule has 0 aliphatic carbocycles. The maximum atomic E-state index is 12.3. The molecule has 0 radical (unpaired) electrons. The number of carbonyl (C=O) groups excluding carboxylic acids is 2. The number of rotatable bonds is 5. The molecular formula is C14H21N3O3S. The third-order valence-electron chi connectivity index (χ3n) is 3.55. The van der Waals surface area contributed by atoms with E-state index >= 15 is 0 Å². The lowest BCUT2D eigenvalue weighted by molar-refractivity contribution is -0.131. The lowest BCUT2D eigenvalue weighted by Crippen LogP contribution is -2.44. The summed E-state index contributed by atoms with van der Waals surface area (Å²) in [6.45, 7) is 6.85. The molecule has 1 saturated heterocycles. The van der Waals surface area contributed by atoms with Gasteiger partial charge < -0.3 is 9.64 Å². The monoisotopic (exact) mass is 311 g/mol. The Labute approximate surface area is 128 Å². The summed E-state index contributed by atoms with van der Waals surface area (Å²) in [7, 11) is 1.73. The van der Waals surface area contributed by atoms with Crippen molar-refractivity contribution >= 4 is 23.3 Å². The Morgan fingerprint density at radius 2 is 2.33 bits per heavy atom. The van der Waals surface area contributed by atoms with Crippen LogP contribution in [0.2, 0.25) is 0 Å². The maximum Gasteiger partial charge on any atom is 0.410 e. The second kappa shape index (κ2) is 6.43. The van der Waals surface area contributed by atoms with Gasteiger partial charge in [0.15, 0.2) is 0 Å². The summed E-state index contributed by atoms with van der Waals surface area (Å²) in [5, 5.41) is 2.85. The van der Waals surface area contributed by atoms with Crippen LogP contribution in [0, 0.1) is 12.8 Å². The highest BCUT2D eigenvalue weighted by Crippen LogP contribution is 2.19. The number of hydrogen-bond acceptors (Lipinski definition) is 5. The van der Waals surface area contributed by atoms with Crippen LogP contribution in [0.5, 0.6) is 0 Å². The molecule has 0 spiro atoms. The number of aromatic nitrogens is 1. The van der Waals surface area contributed by atoms with Crippen LogP contribution in [0.15, 0.2) is 5.38 Å². The Bertz CT molecular complexity index is 529. The molecule has 0 bridgehead atoms. The van der Waals surface area contributed by atoms with Gasteiger partial charge in [0.05, 0.1) is 12.6 Å². The number of ether oxygens (including phenoxy) is 1. The molecular weight excluding hydrogens is 290 g/mol. The number of amides is 2. The van der Waals surface area contributed by atoms with E-state index in [1.54, 1.807) is 11.9 Å². The van der Waals surface area contributed by atoms with Gasteiger partial charge in [0.25, 0.3) is 0 Å². The van der Waals surface area contributed by atoms with Crippen LogP contribution in [0.3, 0.4) is 0 Å². The van der Waals surface area contributed by atoms with E-state index in [2.05, 4.69) is 4.98 Å². The van der Waals surface area contributed by atoms with Gasteiger partial charge in [-0.25, -0.2) is 9.78 Å². The molecule has 2 rings (SSSR count). The molecule has 7 heteroatoms. The smallest absolute Gasteiger partial charge is 0.410 e. The van der Waals surface area contributed by atoms with Crippen molar-refractivity contribution in [3.05, 3.63) is 16.1 Å². The van der Waals surface area contributed by atoms with Crippen molar-refractivity contribution < 1.29 is 14.3 Å². The lowest BCUT2D eigenvalue weighted by Gasteiger charge is -2.25. The molecule has 1 aliphatic heterocycles. The second-order valence-electron chi connectivity index (χ2n) is 5.65. The zero-order chi connectivity index (χ0) is 15.6. The highest BCUT2D eigenvalue weighted by Gasteiger charge is 2.36. The quantitative estimate of drug-likeness (QED) is 0.833. The summed E-state index contributed by atoms with van der Waals surface area (Å²) in [6, 6.07) is -0.0306. The van der Waals surface area contributed by atoms with Crippen LogP contribution >= 0.6 is 11.3 Å². The van der Waals surface area contributed by atoms with Gasteiger partial charge in [0.1, 0.15) is 18.2 Å². The van der Waals surface area contributed by atoms with Gasteiger partial charge in [-0.2, -0.15) is 0 Å². The number of thiazole rings is 1. The van der Waals surface area contributed by atoms with Crippen molar-refractivity contribution in [2.45, 2.75) is 33.4 Å². The standard InChI is InChI=1S/C14H21N3O3S/c1-9(2)11-7-20-14(19)17(11)6-13(18)16(4)5-12-15-10(3)8-21-12/h8-9,11H,5-7H2,1-4H3/t11-/m1/s1. The van der Waals surface area contributed by atoms with Crippen molar-refractivity contribution in [3.8, 4) is 0 Å². The fourth-order valence-electron chi connectivity index (χ4n) is 2.23. The van der Waals surface area contributed by atoms with E-state index in [0.717, 1.165) is 10.7 Å². The number of hydrogen-bond donors (Lipinski definition) is 0. The van der Waals surface area contributed by atoms with Crippen LogP contribution in [0.1, 0.15) is 24.5 Å². The highest BCUT2D eigenvalue weighted by atomic mass is 32.1. The van der Waals surface area contributed by atoms with Crippen molar-refractivity contribution in [1.29, 1.82) is 0 Å². The van der Waals surface area contributed by atoms with Gasteiger partial charge in [-0.15, -0.1) is 11.3 Å². The minimum atomic E-state index is -0.402. The number of likely N-dealkylation sites (N-methyl/N-ethyl adjacent to an activating group) is 1. The summed E-state index contributed by atoms with van der Waals surface area (Å²) in [6.07, 6.45) is -0.402. The summed E-state index contributed by atoms with van der Waals surface area (Å²) in [5.41, 5.74) is 0.957. The van der Waals surface area contributed by atoms with E-state index in [1.165, 1.54) is 16.2 Å². The number of carbonyl (C=O) groups is 2. The molecule has 1 aromatic rings. The Morgan fingerprint density at radius 1 is 1.62 bits per heavy atom.